The number of hydrogen-bond donors (Lipinski definition) is 1. The van der Waals surface area contributed by atoms with Crippen LogP contribution in [0.2, 0.25) is 0 Å². The van der Waals surface area contributed by atoms with E-state index in [9.17, 15) is 4.79 Å². The molecule has 3 heterocycles. The second kappa shape index (κ2) is 16.6. The van der Waals surface area contributed by atoms with E-state index in [2.05, 4.69) is 56.2 Å². The molecule has 1 fully saturated rings. The number of nitrogens with one attached hydrogen (secondary N) is 1. The molecule has 6 rings (SSSR count). The zero-order valence-corrected chi connectivity index (χ0v) is 30.2. The minimum absolute atomic E-state index is 0.117. The lowest BCUT2D eigenvalue weighted by atomic mass is 9.93. The molecule has 0 spiro atoms. The van der Waals surface area contributed by atoms with Crippen LogP contribution in [0.5, 0.6) is 23.0 Å². The van der Waals surface area contributed by atoms with Crippen LogP contribution in [0.4, 0.5) is 5.95 Å². The number of likely N-dealkylation sites (tertiary alicyclic amines) is 1. The normalized spacial score (nSPS) is 14.2. The standard InChI is InChI=1S/C40H48N6O5/c1-44(39(47)30-24-36(49-3)38(51-5)37(25-30)50-4)26-29(28-13-15-33(48-2)16-14-28)17-21-45-22-18-31(19-23-45)42-40-43-34-11-6-7-12-35(34)46(40)27-32-10-8-9-20-41-32/h6-16,20,24-25,29,31H,17-19,21-23,26-27H2,1-5H3,(H,42,43). The number of benzene rings is 3. The number of aromatic nitrogens is 3. The SMILES string of the molecule is COc1ccc(C(CCN2CCC(Nc3nc4ccccc4n3Cc3ccccn3)CC2)CN(C)C(=O)c2cc(OC)c(OC)c(OC)c2)cc1. The van der Waals surface area contributed by atoms with Gasteiger partial charge in [0.15, 0.2) is 11.5 Å². The largest absolute Gasteiger partial charge is 0.497 e. The summed E-state index contributed by atoms with van der Waals surface area (Å²) in [6.07, 6.45) is 4.76. The topological polar surface area (TPSA) is 103 Å². The predicted octanol–water partition coefficient (Wildman–Crippen LogP) is 6.34. The Hall–Kier alpha value is -5.29. The van der Waals surface area contributed by atoms with E-state index in [0.717, 1.165) is 67.3 Å². The highest BCUT2D eigenvalue weighted by atomic mass is 16.5. The number of anilines is 1. The number of imidazole rings is 1. The van der Waals surface area contributed by atoms with Crippen molar-refractivity contribution in [1.29, 1.82) is 0 Å². The zero-order valence-electron chi connectivity index (χ0n) is 30.2. The first kappa shape index (κ1) is 35.5. The van der Waals surface area contributed by atoms with Gasteiger partial charge in [0.2, 0.25) is 11.7 Å². The number of rotatable bonds is 15. The van der Waals surface area contributed by atoms with Crippen molar-refractivity contribution in [3.05, 3.63) is 102 Å². The maximum Gasteiger partial charge on any atom is 0.253 e. The number of amides is 1. The van der Waals surface area contributed by atoms with Crippen LogP contribution in [0.25, 0.3) is 11.0 Å². The lowest BCUT2D eigenvalue weighted by Gasteiger charge is -2.34. The third-order valence-electron chi connectivity index (χ3n) is 9.76. The zero-order chi connectivity index (χ0) is 35.7. The number of carbonyl (C=O) groups excluding carboxylic acids is 1. The van der Waals surface area contributed by atoms with Crippen molar-refractivity contribution < 1.29 is 23.7 Å². The molecule has 1 unspecified atom stereocenters. The van der Waals surface area contributed by atoms with E-state index in [0.29, 0.717) is 41.9 Å². The molecule has 1 saturated heterocycles. The van der Waals surface area contributed by atoms with Crippen molar-refractivity contribution in [2.45, 2.75) is 37.8 Å². The smallest absolute Gasteiger partial charge is 0.253 e. The Balaban J connectivity index is 1.11. The van der Waals surface area contributed by atoms with Crippen LogP contribution in [-0.2, 0) is 6.54 Å². The van der Waals surface area contributed by atoms with E-state index in [4.69, 9.17) is 23.9 Å². The molecule has 0 aliphatic carbocycles. The maximum atomic E-state index is 13.7. The van der Waals surface area contributed by atoms with E-state index in [-0.39, 0.29) is 11.8 Å². The van der Waals surface area contributed by atoms with Gasteiger partial charge < -0.3 is 38.6 Å². The minimum atomic E-state index is -0.117. The Bertz CT molecular complexity index is 1860. The number of nitrogens with zero attached hydrogens (tertiary/aromatic N) is 5. The summed E-state index contributed by atoms with van der Waals surface area (Å²) in [5.41, 5.74) is 4.72. The Kier molecular flexibility index (Phi) is 11.6. The fraction of sp³-hybridized carbons (Fsp3) is 0.375. The molecule has 1 aliphatic rings. The van der Waals surface area contributed by atoms with Gasteiger partial charge in [0.1, 0.15) is 5.75 Å². The van der Waals surface area contributed by atoms with Gasteiger partial charge in [-0.15, -0.1) is 0 Å². The van der Waals surface area contributed by atoms with Gasteiger partial charge in [-0.3, -0.25) is 9.78 Å². The molecule has 1 amide bonds. The highest BCUT2D eigenvalue weighted by Gasteiger charge is 2.25. The van der Waals surface area contributed by atoms with Crippen LogP contribution in [0, 0.1) is 0 Å². The maximum absolute atomic E-state index is 13.7. The van der Waals surface area contributed by atoms with Gasteiger partial charge in [0.25, 0.3) is 5.91 Å². The molecule has 11 nitrogen and oxygen atoms in total. The van der Waals surface area contributed by atoms with Gasteiger partial charge in [-0.1, -0.05) is 30.3 Å². The summed E-state index contributed by atoms with van der Waals surface area (Å²) in [7, 11) is 8.17. The highest BCUT2D eigenvalue weighted by Crippen LogP contribution is 2.38. The second-order valence-electron chi connectivity index (χ2n) is 13.0. The predicted molar refractivity (Wildman–Crippen MR) is 200 cm³/mol. The first-order chi connectivity index (χ1) is 24.9. The average molecular weight is 693 g/mol. The lowest BCUT2D eigenvalue weighted by molar-refractivity contribution is 0.0781. The number of fused-ring (bicyclic) bond motifs is 1. The molecule has 5 aromatic rings. The minimum Gasteiger partial charge on any atom is -0.497 e. The summed E-state index contributed by atoms with van der Waals surface area (Å²) in [4.78, 5) is 27.6. The number of methoxy groups -OCH3 is 4. The number of hydrogen-bond acceptors (Lipinski definition) is 9. The molecule has 1 aliphatic heterocycles. The van der Waals surface area contributed by atoms with Crippen LogP contribution < -0.4 is 24.3 Å². The van der Waals surface area contributed by atoms with Gasteiger partial charge in [0.05, 0.1) is 51.7 Å². The van der Waals surface area contributed by atoms with Gasteiger partial charge in [-0.25, -0.2) is 4.98 Å². The fourth-order valence-corrected chi connectivity index (χ4v) is 6.90. The van der Waals surface area contributed by atoms with E-state index >= 15 is 0 Å². The molecule has 1 N–H and O–H groups in total. The van der Waals surface area contributed by atoms with Gasteiger partial charge in [0, 0.05) is 50.4 Å². The van der Waals surface area contributed by atoms with Crippen LogP contribution in [0.3, 0.4) is 0 Å². The molecule has 2 aromatic heterocycles. The molecule has 51 heavy (non-hydrogen) atoms. The highest BCUT2D eigenvalue weighted by molar-refractivity contribution is 5.95. The summed E-state index contributed by atoms with van der Waals surface area (Å²) in [6.45, 7) is 4.09. The molecule has 1 atom stereocenters. The van der Waals surface area contributed by atoms with Crippen molar-refractivity contribution in [1.82, 2.24) is 24.3 Å². The first-order valence-corrected chi connectivity index (χ1v) is 17.4. The summed E-state index contributed by atoms with van der Waals surface area (Å²) in [5, 5.41) is 3.77. The summed E-state index contributed by atoms with van der Waals surface area (Å²) in [5.74, 6) is 3.05. The molecular formula is C40H48N6O5. The Morgan fingerprint density at radius 1 is 0.902 bits per heavy atom. The summed E-state index contributed by atoms with van der Waals surface area (Å²) >= 11 is 0. The van der Waals surface area contributed by atoms with E-state index in [1.54, 1.807) is 45.5 Å². The second-order valence-corrected chi connectivity index (χ2v) is 13.0. The Morgan fingerprint density at radius 2 is 1.61 bits per heavy atom. The van der Waals surface area contributed by atoms with Gasteiger partial charge in [-0.2, -0.15) is 0 Å². The average Bonchev–Trinajstić information content (AvgIpc) is 3.52. The van der Waals surface area contributed by atoms with Crippen molar-refractivity contribution in [2.24, 2.45) is 0 Å². The fourth-order valence-electron chi connectivity index (χ4n) is 6.90. The van der Waals surface area contributed by atoms with E-state index < -0.39 is 0 Å². The molecule has 268 valence electrons. The van der Waals surface area contributed by atoms with E-state index in [1.165, 1.54) is 5.56 Å². The monoisotopic (exact) mass is 692 g/mol. The molecule has 0 radical (unpaired) electrons. The molecule has 11 heteroatoms. The van der Waals surface area contributed by atoms with Crippen LogP contribution in [-0.4, -0.2) is 97.9 Å². The van der Waals surface area contributed by atoms with Crippen molar-refractivity contribution in [3.63, 3.8) is 0 Å². The number of pyridine rings is 1. The number of carbonyl (C=O) groups is 1. The van der Waals surface area contributed by atoms with Gasteiger partial charge >= 0.3 is 0 Å². The van der Waals surface area contributed by atoms with Crippen LogP contribution in [0.15, 0.2) is 85.1 Å². The third kappa shape index (κ3) is 8.37. The quantitative estimate of drug-likeness (QED) is 0.135. The van der Waals surface area contributed by atoms with Crippen molar-refractivity contribution in [2.75, 3.05) is 67.0 Å². The Labute approximate surface area is 300 Å². The number of para-hydroxylation sites is 2. The first-order valence-electron chi connectivity index (χ1n) is 17.4. The third-order valence-corrected chi connectivity index (χ3v) is 9.76. The molecular weight excluding hydrogens is 644 g/mol. The van der Waals surface area contributed by atoms with Gasteiger partial charge in [-0.05, 0) is 79.9 Å². The molecule has 0 saturated carbocycles. The summed E-state index contributed by atoms with van der Waals surface area (Å²) < 4.78 is 24.1. The number of piperidine rings is 1. The van der Waals surface area contributed by atoms with Crippen LogP contribution >= 0.6 is 0 Å². The Morgan fingerprint density at radius 3 is 2.25 bits per heavy atom. The number of ether oxygens (including phenoxy) is 4. The van der Waals surface area contributed by atoms with Crippen molar-refractivity contribution >= 4 is 22.9 Å². The van der Waals surface area contributed by atoms with Crippen LogP contribution in [0.1, 0.15) is 46.8 Å². The number of likely N-dealkylation sites (N-methyl/N-ethyl adjacent to an activating group) is 1. The molecule has 3 aromatic carbocycles. The molecule has 0 bridgehead atoms. The van der Waals surface area contributed by atoms with E-state index in [1.807, 2.05) is 43.6 Å². The van der Waals surface area contributed by atoms with Crippen molar-refractivity contribution in [3.8, 4) is 23.0 Å². The summed E-state index contributed by atoms with van der Waals surface area (Å²) in [6, 6.07) is 26.2. The lowest BCUT2D eigenvalue weighted by Crippen LogP contribution is -2.40.